The number of hydrogen-bond acceptors (Lipinski definition) is 5. The summed E-state index contributed by atoms with van der Waals surface area (Å²) in [7, 11) is -3.79. The van der Waals surface area contributed by atoms with Crippen LogP contribution in [-0.4, -0.2) is 13.6 Å². The van der Waals surface area contributed by atoms with Crippen LogP contribution in [0.15, 0.2) is 36.8 Å². The highest BCUT2D eigenvalue weighted by Crippen LogP contribution is 2.31. The van der Waals surface area contributed by atoms with Gasteiger partial charge in [-0.25, -0.2) is 13.1 Å². The van der Waals surface area contributed by atoms with Crippen LogP contribution in [0.1, 0.15) is 33.5 Å². The van der Waals surface area contributed by atoms with Gasteiger partial charge in [0.05, 0.1) is 5.69 Å². The number of benzene rings is 1. The average Bonchev–Trinajstić information content (AvgIpc) is 3.16. The fourth-order valence-corrected chi connectivity index (χ4v) is 5.57. The van der Waals surface area contributed by atoms with E-state index in [2.05, 4.69) is 58.7 Å². The SMILES string of the molecule is Cc1cc(C)c(/C=C/c2ccsc2S(=O)(=O)Nc2onc(C)c2Br)c(C)c1. The van der Waals surface area contributed by atoms with Gasteiger partial charge in [-0.15, -0.1) is 11.3 Å². The minimum absolute atomic E-state index is 0.0704. The summed E-state index contributed by atoms with van der Waals surface area (Å²) >= 11 is 4.43. The van der Waals surface area contributed by atoms with Gasteiger partial charge in [0.25, 0.3) is 15.9 Å². The molecule has 5 nitrogen and oxygen atoms in total. The Bertz CT molecular complexity index is 1100. The quantitative estimate of drug-likeness (QED) is 0.522. The Hall–Kier alpha value is -1.90. The van der Waals surface area contributed by atoms with Gasteiger partial charge in [-0.2, -0.15) is 0 Å². The van der Waals surface area contributed by atoms with E-state index in [1.54, 1.807) is 18.4 Å². The Morgan fingerprint density at radius 3 is 2.41 bits per heavy atom. The summed E-state index contributed by atoms with van der Waals surface area (Å²) < 4.78 is 33.8. The molecule has 0 bridgehead atoms. The average molecular weight is 467 g/mol. The molecular formula is C19H19BrN2O3S2. The van der Waals surface area contributed by atoms with Crippen LogP contribution in [0.2, 0.25) is 0 Å². The van der Waals surface area contributed by atoms with Crippen molar-refractivity contribution in [3.63, 3.8) is 0 Å². The lowest BCUT2D eigenvalue weighted by Gasteiger charge is -2.07. The van der Waals surface area contributed by atoms with Crippen molar-refractivity contribution in [2.75, 3.05) is 4.72 Å². The lowest BCUT2D eigenvalue weighted by Crippen LogP contribution is -2.12. The molecule has 2 heterocycles. The second-order valence-corrected chi connectivity index (χ2v) is 9.91. The predicted octanol–water partition coefficient (Wildman–Crippen LogP) is 5.70. The minimum atomic E-state index is -3.79. The number of aromatic nitrogens is 1. The zero-order chi connectivity index (χ0) is 19.8. The number of nitrogens with one attached hydrogen (secondary N) is 1. The number of nitrogens with zero attached hydrogens (tertiary/aromatic N) is 1. The summed E-state index contributed by atoms with van der Waals surface area (Å²) in [5.74, 6) is 0.0704. The van der Waals surface area contributed by atoms with Crippen LogP contribution >= 0.6 is 27.3 Å². The van der Waals surface area contributed by atoms with Gasteiger partial charge in [0, 0.05) is 5.56 Å². The van der Waals surface area contributed by atoms with Crippen molar-refractivity contribution in [2.24, 2.45) is 0 Å². The second-order valence-electron chi connectivity index (χ2n) is 6.33. The van der Waals surface area contributed by atoms with Crippen molar-refractivity contribution in [3.05, 3.63) is 61.6 Å². The van der Waals surface area contributed by atoms with Crippen LogP contribution in [0.25, 0.3) is 12.2 Å². The Balaban J connectivity index is 1.93. The first-order valence-electron chi connectivity index (χ1n) is 8.17. The zero-order valence-corrected chi connectivity index (χ0v) is 18.5. The molecule has 0 aliphatic rings. The maximum absolute atomic E-state index is 12.8. The van der Waals surface area contributed by atoms with Crippen LogP contribution in [0, 0.1) is 27.7 Å². The molecule has 8 heteroatoms. The third-order valence-electron chi connectivity index (χ3n) is 4.09. The Morgan fingerprint density at radius 2 is 1.81 bits per heavy atom. The molecule has 0 fully saturated rings. The van der Waals surface area contributed by atoms with Gasteiger partial charge >= 0.3 is 0 Å². The maximum atomic E-state index is 12.8. The van der Waals surface area contributed by atoms with Crippen LogP contribution in [0.4, 0.5) is 5.88 Å². The number of aryl methyl sites for hydroxylation is 4. The van der Waals surface area contributed by atoms with Gasteiger partial charge in [-0.1, -0.05) is 35.0 Å². The minimum Gasteiger partial charge on any atom is -0.336 e. The van der Waals surface area contributed by atoms with Crippen molar-refractivity contribution in [3.8, 4) is 0 Å². The number of halogens is 1. The van der Waals surface area contributed by atoms with Gasteiger partial charge in [0.1, 0.15) is 8.68 Å². The van der Waals surface area contributed by atoms with E-state index in [4.69, 9.17) is 4.52 Å². The van der Waals surface area contributed by atoms with Crippen LogP contribution in [0.5, 0.6) is 0 Å². The van der Waals surface area contributed by atoms with E-state index >= 15 is 0 Å². The molecule has 2 aromatic heterocycles. The first-order valence-corrected chi connectivity index (χ1v) is 11.3. The van der Waals surface area contributed by atoms with Gasteiger partial charge in [0.2, 0.25) is 0 Å². The molecule has 0 aliphatic carbocycles. The monoisotopic (exact) mass is 466 g/mol. The highest BCUT2D eigenvalue weighted by molar-refractivity contribution is 9.10. The molecular weight excluding hydrogens is 448 g/mol. The summed E-state index contributed by atoms with van der Waals surface area (Å²) in [5.41, 5.74) is 5.81. The van der Waals surface area contributed by atoms with E-state index < -0.39 is 10.0 Å². The molecule has 0 amide bonds. The fourth-order valence-electron chi connectivity index (χ4n) is 2.86. The van der Waals surface area contributed by atoms with Crippen LogP contribution in [-0.2, 0) is 10.0 Å². The Kier molecular flexibility index (Phi) is 5.60. The molecule has 3 rings (SSSR count). The van der Waals surface area contributed by atoms with E-state index in [1.807, 2.05) is 12.2 Å². The normalized spacial score (nSPS) is 12.0. The van der Waals surface area contributed by atoms with E-state index in [1.165, 1.54) is 5.56 Å². The second kappa shape index (κ2) is 7.61. The number of rotatable bonds is 5. The smallest absolute Gasteiger partial charge is 0.274 e. The Morgan fingerprint density at radius 1 is 1.15 bits per heavy atom. The summed E-state index contributed by atoms with van der Waals surface area (Å²) in [6.07, 6.45) is 3.79. The molecule has 3 aromatic rings. The van der Waals surface area contributed by atoms with Crippen molar-refractivity contribution in [2.45, 2.75) is 31.9 Å². The summed E-state index contributed by atoms with van der Waals surface area (Å²) in [6.45, 7) is 7.88. The number of thiophene rings is 1. The van der Waals surface area contributed by atoms with E-state index in [-0.39, 0.29) is 10.1 Å². The number of hydrogen-bond donors (Lipinski definition) is 1. The van der Waals surface area contributed by atoms with E-state index in [9.17, 15) is 8.42 Å². The topological polar surface area (TPSA) is 72.2 Å². The lowest BCUT2D eigenvalue weighted by atomic mass is 9.99. The molecule has 0 radical (unpaired) electrons. The van der Waals surface area contributed by atoms with Gasteiger partial charge < -0.3 is 4.52 Å². The molecule has 0 spiro atoms. The standard InChI is InChI=1S/C19H19BrN2O3S2/c1-11-9-12(2)16(13(3)10-11)6-5-15-7-8-26-19(15)27(23,24)22-18-17(20)14(4)21-25-18/h5-10,22H,1-4H3/b6-5+. The van der Waals surface area contributed by atoms with Crippen molar-refractivity contribution >= 4 is 55.3 Å². The van der Waals surface area contributed by atoms with Crippen molar-refractivity contribution in [1.82, 2.24) is 5.16 Å². The predicted molar refractivity (Wildman–Crippen MR) is 114 cm³/mol. The van der Waals surface area contributed by atoms with Crippen molar-refractivity contribution in [1.29, 1.82) is 0 Å². The highest BCUT2D eigenvalue weighted by Gasteiger charge is 2.23. The molecule has 1 N–H and O–H groups in total. The fraction of sp³-hybridized carbons (Fsp3) is 0.211. The number of anilines is 1. The third kappa shape index (κ3) is 4.17. The van der Waals surface area contributed by atoms with Gasteiger partial charge in [0.15, 0.2) is 0 Å². The van der Waals surface area contributed by atoms with Crippen LogP contribution in [0.3, 0.4) is 0 Å². The number of sulfonamides is 1. The Labute approximate surface area is 171 Å². The van der Waals surface area contributed by atoms with E-state index in [0.29, 0.717) is 15.7 Å². The highest BCUT2D eigenvalue weighted by atomic mass is 79.9. The van der Waals surface area contributed by atoms with Crippen LogP contribution < -0.4 is 4.72 Å². The molecule has 27 heavy (non-hydrogen) atoms. The summed E-state index contributed by atoms with van der Waals surface area (Å²) in [5, 5.41) is 5.50. The molecule has 1 aromatic carbocycles. The van der Waals surface area contributed by atoms with Crippen molar-refractivity contribution < 1.29 is 12.9 Å². The molecule has 0 unspecified atom stereocenters. The molecule has 0 saturated heterocycles. The molecule has 0 aliphatic heterocycles. The molecule has 0 saturated carbocycles. The maximum Gasteiger partial charge on any atom is 0.274 e. The first-order chi connectivity index (χ1) is 12.7. The third-order valence-corrected chi connectivity index (χ3v) is 7.87. The summed E-state index contributed by atoms with van der Waals surface area (Å²) in [4.78, 5) is 0. The van der Waals surface area contributed by atoms with E-state index in [0.717, 1.165) is 28.0 Å². The van der Waals surface area contributed by atoms with Gasteiger partial charge in [-0.05, 0) is 71.8 Å². The van der Waals surface area contributed by atoms with Gasteiger partial charge in [-0.3, -0.25) is 0 Å². The zero-order valence-electron chi connectivity index (χ0n) is 15.3. The lowest BCUT2D eigenvalue weighted by molar-refractivity contribution is 0.430. The largest absolute Gasteiger partial charge is 0.336 e. The molecule has 142 valence electrons. The first kappa shape index (κ1) is 19.9. The summed E-state index contributed by atoms with van der Waals surface area (Å²) in [6, 6.07) is 6.02. The molecule has 0 atom stereocenters.